The van der Waals surface area contributed by atoms with Gasteiger partial charge in [-0.3, -0.25) is 18.7 Å². The molecule has 2 unspecified atom stereocenters. The quantitative estimate of drug-likeness (QED) is 0.210. The van der Waals surface area contributed by atoms with E-state index < -0.39 is 0 Å². The Morgan fingerprint density at radius 3 is 1.35 bits per heavy atom. The molecule has 0 aliphatic heterocycles. The molecule has 2 fully saturated rings. The minimum absolute atomic E-state index is 0.0305. The summed E-state index contributed by atoms with van der Waals surface area (Å²) in [6, 6.07) is 12.6. The van der Waals surface area contributed by atoms with Crippen LogP contribution in [0.3, 0.4) is 0 Å². The predicted octanol–water partition coefficient (Wildman–Crippen LogP) is 7.36. The molecule has 0 N–H and O–H groups in total. The van der Waals surface area contributed by atoms with E-state index in [1.807, 2.05) is 50.3 Å². The Hall–Kier alpha value is -5.34. The van der Waals surface area contributed by atoms with E-state index >= 15 is 0 Å². The van der Waals surface area contributed by atoms with Crippen LogP contribution in [0.15, 0.2) is 57.2 Å². The summed E-state index contributed by atoms with van der Waals surface area (Å²) in [6.45, 7) is 4.52. The van der Waals surface area contributed by atoms with Gasteiger partial charge in [-0.25, -0.2) is 0 Å². The molecule has 4 aromatic rings. The van der Waals surface area contributed by atoms with E-state index in [9.17, 15) is 30.6 Å². The number of hydrogen-bond donors (Lipinski definition) is 0. The van der Waals surface area contributed by atoms with Crippen molar-refractivity contribution in [3.63, 3.8) is 0 Å². The maximum atomic E-state index is 13.5. The van der Waals surface area contributed by atoms with Gasteiger partial charge < -0.3 is 0 Å². The Balaban J connectivity index is 1.09. The number of rotatable bonds is 4. The average Bonchev–Trinajstić information content (AvgIpc) is 4.10. The molecule has 2 atom stereocenters. The highest BCUT2D eigenvalue weighted by atomic mass is 32.1. The van der Waals surface area contributed by atoms with E-state index in [0.29, 0.717) is 31.5 Å². The Bertz CT molecular complexity index is 3000. The predicted molar refractivity (Wildman–Crippen MR) is 241 cm³/mol. The molecule has 8 nitrogen and oxygen atoms in total. The topological polar surface area (TPSA) is 139 Å². The van der Waals surface area contributed by atoms with Crippen LogP contribution < -0.4 is 29.5 Å². The molecular formula is C48H40N6O2S4. The van der Waals surface area contributed by atoms with Crippen molar-refractivity contribution in [2.24, 2.45) is 11.8 Å². The molecule has 10 rings (SSSR count). The molecule has 6 aliphatic rings. The van der Waals surface area contributed by atoms with E-state index in [2.05, 4.69) is 36.4 Å². The molecule has 298 valence electrons. The molecule has 6 aliphatic carbocycles. The fourth-order valence-corrected chi connectivity index (χ4v) is 16.0. The standard InChI is InChI=1S/C48H40N6O2S4/c1-3-53-43(55)39(59-45(53)29(23-49)24-50)21-31-19-37-41(57-31)33-15-27-18-36-34(16-28(27)17-35(33)47(37)11-7-5-8-12-47)42-38(48(36)13-9-6-10-14-48)20-32(58-42)22-40-44(56)54(4-2)46(60-40)30(25-51)26-52/h15-22,27-28H,3-14H2,1-2H3/b39-21-,40-22-. The zero-order valence-corrected chi connectivity index (χ0v) is 36.7. The van der Waals surface area contributed by atoms with Gasteiger partial charge in [0.2, 0.25) is 0 Å². The lowest BCUT2D eigenvalue weighted by Gasteiger charge is -2.40. The summed E-state index contributed by atoms with van der Waals surface area (Å²) in [5, 5.41) is 38.4. The van der Waals surface area contributed by atoms with E-state index in [4.69, 9.17) is 0 Å². The number of fused-ring (bicyclic) bond motifs is 11. The first-order valence-electron chi connectivity index (χ1n) is 20.9. The number of thiazole rings is 2. The molecule has 0 aromatic carbocycles. The fraction of sp³-hybridized carbons (Fsp3) is 0.375. The largest absolute Gasteiger partial charge is 0.298 e. The molecule has 0 radical (unpaired) electrons. The van der Waals surface area contributed by atoms with Crippen molar-refractivity contribution in [1.82, 2.24) is 9.13 Å². The summed E-state index contributed by atoms with van der Waals surface area (Å²) in [4.78, 5) is 31.8. The maximum Gasteiger partial charge on any atom is 0.269 e. The van der Waals surface area contributed by atoms with Crippen molar-refractivity contribution >= 4 is 79.8 Å². The molecule has 4 heterocycles. The van der Waals surface area contributed by atoms with Gasteiger partial charge in [0.25, 0.3) is 11.1 Å². The highest BCUT2D eigenvalue weighted by molar-refractivity contribution is 7.15. The van der Waals surface area contributed by atoms with Crippen molar-refractivity contribution in [3.05, 3.63) is 117 Å². The maximum absolute atomic E-state index is 13.5. The van der Waals surface area contributed by atoms with Crippen LogP contribution in [0.25, 0.3) is 34.4 Å². The van der Waals surface area contributed by atoms with Crippen LogP contribution in [0, 0.1) is 57.2 Å². The molecule has 60 heavy (non-hydrogen) atoms. The van der Waals surface area contributed by atoms with Gasteiger partial charge in [0.1, 0.15) is 33.6 Å². The van der Waals surface area contributed by atoms with E-state index in [1.54, 1.807) is 22.7 Å². The monoisotopic (exact) mass is 860 g/mol. The average molecular weight is 861 g/mol. The first-order chi connectivity index (χ1) is 29.2. The van der Waals surface area contributed by atoms with E-state index in [1.165, 1.54) is 114 Å². The Kier molecular flexibility index (Phi) is 9.51. The number of nitrogens with zero attached hydrogens (tertiary/aromatic N) is 6. The van der Waals surface area contributed by atoms with Gasteiger partial charge in [-0.2, -0.15) is 21.0 Å². The first kappa shape index (κ1) is 38.8. The van der Waals surface area contributed by atoms with Crippen molar-refractivity contribution in [3.8, 4) is 24.3 Å². The zero-order valence-electron chi connectivity index (χ0n) is 33.4. The minimum atomic E-state index is -0.159. The summed E-state index contributed by atoms with van der Waals surface area (Å²) in [7, 11) is 0. The van der Waals surface area contributed by atoms with Gasteiger partial charge in [-0.1, -0.05) is 62.8 Å². The van der Waals surface area contributed by atoms with Crippen LogP contribution in [0.1, 0.15) is 109 Å². The molecule has 0 bridgehead atoms. The van der Waals surface area contributed by atoms with Gasteiger partial charge >= 0.3 is 0 Å². The number of allylic oxidation sites excluding steroid dienone is 8. The van der Waals surface area contributed by atoms with Gasteiger partial charge in [0.05, 0.1) is 9.06 Å². The highest BCUT2D eigenvalue weighted by Crippen LogP contribution is 2.64. The third-order valence-electron chi connectivity index (χ3n) is 13.8. The van der Waals surface area contributed by atoms with Crippen molar-refractivity contribution in [1.29, 1.82) is 21.0 Å². The minimum Gasteiger partial charge on any atom is -0.298 e. The lowest BCUT2D eigenvalue weighted by atomic mass is 9.63. The Morgan fingerprint density at radius 2 is 1.00 bits per heavy atom. The highest BCUT2D eigenvalue weighted by Gasteiger charge is 2.52. The second-order valence-electron chi connectivity index (χ2n) is 16.7. The first-order valence-corrected chi connectivity index (χ1v) is 24.2. The van der Waals surface area contributed by atoms with Gasteiger partial charge in [-0.15, -0.1) is 45.3 Å². The Morgan fingerprint density at radius 1 is 0.617 bits per heavy atom. The third kappa shape index (κ3) is 5.58. The van der Waals surface area contributed by atoms with Crippen LogP contribution >= 0.6 is 45.3 Å². The number of nitriles is 4. The second-order valence-corrected chi connectivity index (χ2v) is 20.9. The lowest BCUT2D eigenvalue weighted by molar-refractivity contribution is 0.347. The smallest absolute Gasteiger partial charge is 0.269 e. The second kappa shape index (κ2) is 14.7. The van der Waals surface area contributed by atoms with Crippen LogP contribution in [0.4, 0.5) is 0 Å². The fourth-order valence-electron chi connectivity index (χ4n) is 11.1. The number of aromatic nitrogens is 2. The molecular weight excluding hydrogens is 821 g/mol. The van der Waals surface area contributed by atoms with Crippen LogP contribution in [0.2, 0.25) is 0 Å². The summed E-state index contributed by atoms with van der Waals surface area (Å²) < 4.78 is 5.02. The number of hydrogen-bond acceptors (Lipinski definition) is 10. The number of thiophene rings is 2. The van der Waals surface area contributed by atoms with Gasteiger partial charge in [0.15, 0.2) is 11.1 Å². The zero-order chi connectivity index (χ0) is 41.5. The molecule has 0 amide bonds. The lowest BCUT2D eigenvalue weighted by Crippen LogP contribution is -2.32. The van der Waals surface area contributed by atoms with E-state index in [-0.39, 0.29) is 44.9 Å². The van der Waals surface area contributed by atoms with Crippen LogP contribution in [-0.4, -0.2) is 9.13 Å². The molecule has 4 aromatic heterocycles. The molecule has 0 saturated heterocycles. The van der Waals surface area contributed by atoms with Gasteiger partial charge in [-0.05, 0) is 97.2 Å². The van der Waals surface area contributed by atoms with Crippen molar-refractivity contribution < 1.29 is 0 Å². The summed E-state index contributed by atoms with van der Waals surface area (Å²) in [5.74, 6) is 0.459. The SMILES string of the molecule is CCn1c(=C(C#N)C#N)s/c(=C\c2cc3c(s2)C2=CC4C=C5C(=CC4C=C2C32CCCCC2)c2sc(/C=c3\sc(=C(C#N)C#N)n(CC)c3=O)cc2C52CCCCC2)c1=O. The molecule has 2 spiro atoms. The molecule has 2 saturated carbocycles. The van der Waals surface area contributed by atoms with Crippen LogP contribution in [0.5, 0.6) is 0 Å². The van der Waals surface area contributed by atoms with Crippen LogP contribution in [-0.2, 0) is 23.9 Å². The third-order valence-corrected chi connectivity index (χ3v) is 18.3. The summed E-state index contributed by atoms with van der Waals surface area (Å²) >= 11 is 6.00. The van der Waals surface area contributed by atoms with E-state index in [0.717, 1.165) is 35.4 Å². The van der Waals surface area contributed by atoms with Crippen molar-refractivity contribution in [2.75, 3.05) is 0 Å². The molecule has 12 heteroatoms. The van der Waals surface area contributed by atoms with Gasteiger partial charge in [0, 0.05) is 55.3 Å². The summed E-state index contributed by atoms with van der Waals surface area (Å²) in [5.41, 5.74) is 7.94. The normalized spacial score (nSPS) is 21.9. The summed E-state index contributed by atoms with van der Waals surface area (Å²) in [6.07, 6.45) is 25.8. The Labute approximate surface area is 363 Å². The van der Waals surface area contributed by atoms with Crippen molar-refractivity contribution in [2.45, 2.75) is 102 Å².